The third kappa shape index (κ3) is 5.42. The van der Waals surface area contributed by atoms with E-state index in [2.05, 4.69) is 15.2 Å². The Morgan fingerprint density at radius 1 is 1.22 bits per heavy atom. The van der Waals surface area contributed by atoms with Crippen molar-refractivity contribution in [2.75, 3.05) is 38.2 Å². The number of carboxylic acids is 1. The number of thiazole rings is 1. The predicted molar refractivity (Wildman–Crippen MR) is 127 cm³/mol. The first-order valence-electron chi connectivity index (χ1n) is 10.5. The molecule has 7 nitrogen and oxygen atoms in total. The number of hydrogen-bond acceptors (Lipinski definition) is 7. The van der Waals surface area contributed by atoms with Gasteiger partial charge in [-0.25, -0.2) is 9.78 Å². The average Bonchev–Trinajstić information content (AvgIpc) is 3.44. The monoisotopic (exact) mass is 471 g/mol. The molecule has 0 spiro atoms. The third-order valence-corrected chi connectivity index (χ3v) is 7.17. The molecule has 1 aliphatic heterocycles. The van der Waals surface area contributed by atoms with Gasteiger partial charge in [-0.3, -0.25) is 15.0 Å². The molecule has 0 bridgehead atoms. The molecule has 0 unspecified atom stereocenters. The maximum atomic E-state index is 12.9. The van der Waals surface area contributed by atoms with Gasteiger partial charge in [0.15, 0.2) is 5.13 Å². The highest BCUT2D eigenvalue weighted by Gasteiger charge is 2.17. The lowest BCUT2D eigenvalue weighted by Gasteiger charge is -2.26. The summed E-state index contributed by atoms with van der Waals surface area (Å²) in [5.74, 6) is -1.09. The van der Waals surface area contributed by atoms with Gasteiger partial charge in [-0.1, -0.05) is 6.07 Å². The highest BCUT2D eigenvalue weighted by molar-refractivity contribution is 7.14. The maximum Gasteiger partial charge on any atom is 0.335 e. The van der Waals surface area contributed by atoms with Crippen LogP contribution in [-0.4, -0.2) is 59.7 Å². The number of thiophene rings is 1. The molecule has 0 radical (unpaired) electrons. The van der Waals surface area contributed by atoms with Crippen molar-refractivity contribution in [2.24, 2.45) is 0 Å². The summed E-state index contributed by atoms with van der Waals surface area (Å²) in [4.78, 5) is 31.7. The molecule has 2 aromatic heterocycles. The van der Waals surface area contributed by atoms with Gasteiger partial charge in [-0.2, -0.15) is 0 Å². The number of ether oxygens (including phenoxy) is 1. The first-order valence-corrected chi connectivity index (χ1v) is 12.2. The van der Waals surface area contributed by atoms with Gasteiger partial charge in [0, 0.05) is 24.0 Å². The predicted octanol–water partition coefficient (Wildman–Crippen LogP) is 4.40. The number of rotatable bonds is 8. The lowest BCUT2D eigenvalue weighted by molar-refractivity contribution is 0.0374. The van der Waals surface area contributed by atoms with Gasteiger partial charge < -0.3 is 9.84 Å². The average molecular weight is 472 g/mol. The minimum absolute atomic E-state index is 0.139. The van der Waals surface area contributed by atoms with Crippen LogP contribution in [0.5, 0.6) is 0 Å². The number of carbonyl (C=O) groups excluding carboxylic acids is 1. The van der Waals surface area contributed by atoms with Gasteiger partial charge in [0.2, 0.25) is 0 Å². The van der Waals surface area contributed by atoms with Gasteiger partial charge in [0.25, 0.3) is 5.91 Å². The fourth-order valence-corrected chi connectivity index (χ4v) is 5.29. The molecular formula is C23H25N3O4S2. The summed E-state index contributed by atoms with van der Waals surface area (Å²) in [6.45, 7) is 6.32. The number of aromatic carboxylic acids is 1. The molecule has 0 atom stereocenters. The van der Waals surface area contributed by atoms with Crippen LogP contribution in [0.1, 0.15) is 37.6 Å². The highest BCUT2D eigenvalue weighted by Crippen LogP contribution is 2.28. The van der Waals surface area contributed by atoms with Gasteiger partial charge in [0.1, 0.15) is 0 Å². The van der Waals surface area contributed by atoms with E-state index in [0.717, 1.165) is 61.7 Å². The molecule has 1 saturated heterocycles. The Balaban J connectivity index is 1.37. The van der Waals surface area contributed by atoms with Gasteiger partial charge in [-0.05, 0) is 61.0 Å². The van der Waals surface area contributed by atoms with E-state index in [-0.39, 0.29) is 11.5 Å². The first-order chi connectivity index (χ1) is 15.5. The standard InChI is InChI=1S/C23H25N3O4S2/c1-15-13-17(4-5-18(15)22(28)29)19-14-32-23(24-19)25-21(27)20-16(6-12-31-20)3-2-7-26-8-10-30-11-9-26/h4-6,12-14H,2-3,7-11H2,1H3,(H,28,29)(H,24,25,27). The van der Waals surface area contributed by atoms with Crippen molar-refractivity contribution >= 4 is 39.7 Å². The van der Waals surface area contributed by atoms with E-state index in [9.17, 15) is 14.7 Å². The fourth-order valence-electron chi connectivity index (χ4n) is 3.73. The van der Waals surface area contributed by atoms with Crippen LogP contribution < -0.4 is 5.32 Å². The number of morpholine rings is 1. The Hall–Kier alpha value is -2.59. The molecule has 2 N–H and O–H groups in total. The molecule has 168 valence electrons. The number of amides is 1. The summed E-state index contributed by atoms with van der Waals surface area (Å²) in [7, 11) is 0. The molecule has 1 amide bonds. The number of anilines is 1. The zero-order valence-corrected chi connectivity index (χ0v) is 19.4. The quantitative estimate of drug-likeness (QED) is 0.506. The van der Waals surface area contributed by atoms with Crippen LogP contribution in [0.25, 0.3) is 11.3 Å². The Labute approximate surface area is 194 Å². The van der Waals surface area contributed by atoms with E-state index in [1.807, 2.05) is 16.8 Å². The van der Waals surface area contributed by atoms with E-state index in [1.165, 1.54) is 22.7 Å². The van der Waals surface area contributed by atoms with Crippen LogP contribution in [0.15, 0.2) is 35.0 Å². The largest absolute Gasteiger partial charge is 0.478 e. The second-order valence-corrected chi connectivity index (χ2v) is 9.43. The molecule has 0 saturated carbocycles. The molecule has 32 heavy (non-hydrogen) atoms. The number of aromatic nitrogens is 1. The number of aryl methyl sites for hydroxylation is 2. The highest BCUT2D eigenvalue weighted by atomic mass is 32.1. The van der Waals surface area contributed by atoms with E-state index in [4.69, 9.17) is 4.74 Å². The Morgan fingerprint density at radius 3 is 2.78 bits per heavy atom. The maximum absolute atomic E-state index is 12.9. The third-order valence-electron chi connectivity index (χ3n) is 5.45. The minimum Gasteiger partial charge on any atom is -0.478 e. The zero-order valence-electron chi connectivity index (χ0n) is 17.8. The van der Waals surface area contributed by atoms with E-state index in [1.54, 1.807) is 25.1 Å². The molecule has 4 rings (SSSR count). The number of hydrogen-bond donors (Lipinski definition) is 2. The van der Waals surface area contributed by atoms with Crippen molar-refractivity contribution in [3.63, 3.8) is 0 Å². The minimum atomic E-state index is -0.947. The van der Waals surface area contributed by atoms with Crippen LogP contribution in [0, 0.1) is 6.92 Å². The second kappa shape index (κ2) is 10.4. The molecule has 3 aromatic rings. The first kappa shape index (κ1) is 22.6. The Morgan fingerprint density at radius 2 is 2.03 bits per heavy atom. The van der Waals surface area contributed by atoms with Crippen LogP contribution in [0.3, 0.4) is 0 Å². The van der Waals surface area contributed by atoms with Gasteiger partial charge >= 0.3 is 5.97 Å². The van der Waals surface area contributed by atoms with Crippen molar-refractivity contribution in [3.05, 3.63) is 56.6 Å². The lowest BCUT2D eigenvalue weighted by atomic mass is 10.0. The molecule has 1 aliphatic rings. The fraction of sp³-hybridized carbons (Fsp3) is 0.348. The molecule has 0 aliphatic carbocycles. The number of benzene rings is 1. The number of carboxylic acid groups (broad SMARTS) is 1. The van der Waals surface area contributed by atoms with Crippen LogP contribution >= 0.6 is 22.7 Å². The number of carbonyl (C=O) groups is 2. The summed E-state index contributed by atoms with van der Waals surface area (Å²) in [5.41, 5.74) is 3.55. The summed E-state index contributed by atoms with van der Waals surface area (Å²) in [6.07, 6.45) is 1.87. The summed E-state index contributed by atoms with van der Waals surface area (Å²) >= 11 is 2.80. The SMILES string of the molecule is Cc1cc(-c2csc(NC(=O)c3sccc3CCCN3CCOCC3)n2)ccc1C(=O)O. The molecule has 1 aromatic carbocycles. The van der Waals surface area contributed by atoms with Crippen LogP contribution in [0.2, 0.25) is 0 Å². The molecule has 3 heterocycles. The zero-order chi connectivity index (χ0) is 22.5. The van der Waals surface area contributed by atoms with Crippen LogP contribution in [0.4, 0.5) is 5.13 Å². The van der Waals surface area contributed by atoms with Crippen molar-refractivity contribution in [3.8, 4) is 11.3 Å². The number of nitrogens with one attached hydrogen (secondary N) is 1. The van der Waals surface area contributed by atoms with Crippen molar-refractivity contribution in [1.29, 1.82) is 0 Å². The summed E-state index contributed by atoms with van der Waals surface area (Å²) in [5, 5.41) is 16.5. The van der Waals surface area contributed by atoms with E-state index in [0.29, 0.717) is 16.4 Å². The number of nitrogens with zero attached hydrogens (tertiary/aromatic N) is 2. The summed E-state index contributed by atoms with van der Waals surface area (Å²) in [6, 6.07) is 7.15. The van der Waals surface area contributed by atoms with Gasteiger partial charge in [-0.15, -0.1) is 22.7 Å². The van der Waals surface area contributed by atoms with Crippen molar-refractivity contribution in [2.45, 2.75) is 19.8 Å². The lowest BCUT2D eigenvalue weighted by Crippen LogP contribution is -2.36. The Bertz CT molecular complexity index is 1100. The van der Waals surface area contributed by atoms with Crippen LogP contribution in [-0.2, 0) is 11.2 Å². The van der Waals surface area contributed by atoms with Crippen molar-refractivity contribution in [1.82, 2.24) is 9.88 Å². The van der Waals surface area contributed by atoms with Crippen molar-refractivity contribution < 1.29 is 19.4 Å². The van der Waals surface area contributed by atoms with E-state index < -0.39 is 5.97 Å². The molecular weight excluding hydrogens is 446 g/mol. The molecule has 9 heteroatoms. The second-order valence-electron chi connectivity index (χ2n) is 7.66. The smallest absolute Gasteiger partial charge is 0.335 e. The Kier molecular flexibility index (Phi) is 7.31. The summed E-state index contributed by atoms with van der Waals surface area (Å²) < 4.78 is 5.39. The normalized spacial score (nSPS) is 14.4. The topological polar surface area (TPSA) is 91.8 Å². The van der Waals surface area contributed by atoms with Gasteiger partial charge in [0.05, 0.1) is 29.3 Å². The van der Waals surface area contributed by atoms with E-state index >= 15 is 0 Å². The molecule has 1 fully saturated rings.